The highest BCUT2D eigenvalue weighted by atomic mass is 127. The number of nitrogens with two attached hydrogens (primary N) is 2. The number of amides is 9. The number of carbonyl (C=O) groups excluding carboxylic acids is 9. The summed E-state index contributed by atoms with van der Waals surface area (Å²) < 4.78 is 0.467. The first-order valence-corrected chi connectivity index (χ1v) is 38.0. The smallest absolute Gasteiger partial charge is 0.317 e. The van der Waals surface area contributed by atoms with E-state index in [1.165, 1.54) is 18.0 Å². The van der Waals surface area contributed by atoms with Gasteiger partial charge in [-0.1, -0.05) is 90.5 Å². The van der Waals surface area contributed by atoms with Gasteiger partial charge in [0.15, 0.2) is 5.96 Å². The van der Waals surface area contributed by atoms with E-state index in [1.807, 2.05) is 96.2 Å². The van der Waals surface area contributed by atoms with Crippen molar-refractivity contribution in [3.05, 3.63) is 146 Å². The fourth-order valence-corrected chi connectivity index (χ4v) is 13.4. The molecule has 594 valence electrons. The predicted molar refractivity (Wildman–Crippen MR) is 419 cm³/mol. The summed E-state index contributed by atoms with van der Waals surface area (Å²) in [4.78, 5) is 175. The minimum atomic E-state index is -1.32. The number of phenols is 1. The van der Waals surface area contributed by atoms with Crippen LogP contribution < -0.4 is 54.0 Å². The second-order valence-electron chi connectivity index (χ2n) is 27.7. The maximum atomic E-state index is 14.9. The van der Waals surface area contributed by atoms with E-state index in [0.29, 0.717) is 52.5 Å². The summed E-state index contributed by atoms with van der Waals surface area (Å²) >= 11 is 1.93. The van der Waals surface area contributed by atoms with Gasteiger partial charge in [-0.25, -0.2) is 0 Å². The van der Waals surface area contributed by atoms with Gasteiger partial charge in [0.1, 0.15) is 36.0 Å². The summed E-state index contributed by atoms with van der Waals surface area (Å²) in [6.07, 6.45) is 2.83. The number of fused-ring (bicyclic) bond motifs is 1. The van der Waals surface area contributed by atoms with Crippen molar-refractivity contribution in [1.29, 1.82) is 0 Å². The molecule has 0 saturated carbocycles. The predicted octanol–water partition coefficient (Wildman–Crippen LogP) is 0.804. The Balaban J connectivity index is 1.03. The van der Waals surface area contributed by atoms with Gasteiger partial charge in [0.05, 0.1) is 36.3 Å². The van der Waals surface area contributed by atoms with Crippen molar-refractivity contribution in [1.82, 2.24) is 67.0 Å². The molecule has 5 atom stereocenters. The van der Waals surface area contributed by atoms with E-state index in [0.717, 1.165) is 28.3 Å². The first-order valence-electron chi connectivity index (χ1n) is 36.9. The minimum Gasteiger partial charge on any atom is -0.507 e. The highest BCUT2D eigenvalue weighted by Gasteiger charge is 2.36. The van der Waals surface area contributed by atoms with Crippen LogP contribution in [0.25, 0.3) is 10.8 Å². The van der Waals surface area contributed by atoms with Crippen molar-refractivity contribution in [2.24, 2.45) is 16.5 Å². The van der Waals surface area contributed by atoms with Crippen molar-refractivity contribution in [3.63, 3.8) is 0 Å². The van der Waals surface area contributed by atoms with Gasteiger partial charge in [-0.15, -0.1) is 0 Å². The summed E-state index contributed by atoms with van der Waals surface area (Å²) in [6.45, 7) is 1.82. The van der Waals surface area contributed by atoms with E-state index in [9.17, 15) is 78.0 Å². The summed E-state index contributed by atoms with van der Waals surface area (Å²) in [5.74, 6) is -8.90. The number of hydrogen-bond donors (Lipinski definition) is 14. The van der Waals surface area contributed by atoms with Crippen LogP contribution in [0.5, 0.6) is 5.75 Å². The van der Waals surface area contributed by atoms with Gasteiger partial charge < -0.3 is 79.3 Å². The molecule has 0 bridgehead atoms. The van der Waals surface area contributed by atoms with Crippen molar-refractivity contribution < 1.29 is 78.0 Å². The molecule has 1 unspecified atom stereocenters. The Kier molecular flexibility index (Phi) is 35.5. The lowest BCUT2D eigenvalue weighted by atomic mass is 10.00. The summed E-state index contributed by atoms with van der Waals surface area (Å²) in [5, 5.41) is 63.8. The van der Waals surface area contributed by atoms with Crippen LogP contribution in [0.1, 0.15) is 96.0 Å². The molecular formula is C77H103IN16O16. The Morgan fingerprint density at radius 2 is 1.14 bits per heavy atom. The van der Waals surface area contributed by atoms with E-state index in [2.05, 4.69) is 47.5 Å². The van der Waals surface area contributed by atoms with Gasteiger partial charge in [-0.2, -0.15) is 0 Å². The molecule has 2 saturated heterocycles. The van der Waals surface area contributed by atoms with Crippen LogP contribution in [0, 0.1) is 10.5 Å². The molecule has 2 heterocycles. The Labute approximate surface area is 652 Å². The van der Waals surface area contributed by atoms with E-state index < -0.39 is 102 Å². The average molecular weight is 1640 g/mol. The number of benzene rings is 5. The fourth-order valence-electron chi connectivity index (χ4n) is 12.9. The van der Waals surface area contributed by atoms with Crippen LogP contribution in [0.2, 0.25) is 0 Å². The standard InChI is InChI=1S/C77H103IN16O16/c1-50-17-19-51(20-18-50)10-7-16-65(96)81-29-6-5-13-59(86-67(98)46-91-32-34-92(47-68(99)100)36-38-94(49-70(103)104)39-37-93(35-33-91)48-69(101)102)72(106)84-44-52-21-26-56(27-22-52)71(105)82-30-9-15-63-75(109)88-60(14-8-31-83-77(79)80)74(108)89-61(42-53-23-25-55-11-3-4-12-57(55)40-53)73(107)85-45-66(97)87-62(76(110)90(63)2)43-54-24-28-64(95)58(78)41-54/h3-4,11-12,17-28,40-41,59-63,95H,5-10,13-16,29-39,42-49H2,1-2H3,(H,81,96)(H,82,105)(H,84,106)(H,85,107)(H,86,98)(H,87,97)(H,88,109)(H,89,108)(H,99,100)(H,101,102)(H,103,104)(H4,79,80,83)/t59?,60-,61-,62+,63+/m0/s1. The highest BCUT2D eigenvalue weighted by molar-refractivity contribution is 14.1. The molecule has 110 heavy (non-hydrogen) atoms. The Hall–Kier alpha value is -10.4. The molecule has 16 N–H and O–H groups in total. The van der Waals surface area contributed by atoms with Crippen molar-refractivity contribution >= 4 is 110 Å². The highest BCUT2D eigenvalue weighted by Crippen LogP contribution is 2.23. The second-order valence-corrected chi connectivity index (χ2v) is 28.8. The first kappa shape index (κ1) is 86.9. The van der Waals surface area contributed by atoms with Gasteiger partial charge in [0.25, 0.3) is 5.91 Å². The van der Waals surface area contributed by atoms with E-state index in [-0.39, 0.29) is 166 Å². The van der Waals surface area contributed by atoms with Crippen molar-refractivity contribution in [2.45, 2.75) is 121 Å². The SMILES string of the molecule is Cc1ccc(CCCC(=O)NCCCCC(NC(=O)CN2CCN(CC(=O)O)CCN(CC(=O)O)CCN(CC(=O)O)CC2)C(=O)NCc2ccc(C(=O)NCCC[C@@H]3C(=O)N[C@@H](CCCN=C(N)N)C(=O)N[C@@H](Cc4ccc5ccccc5c4)C(=O)NCC(=O)N[C@H](Cc4ccc(O)c(I)c4)C(=O)N3C)cc2)cc1. The maximum absolute atomic E-state index is 14.9. The topological polar surface area (TPSA) is 463 Å². The summed E-state index contributed by atoms with van der Waals surface area (Å²) in [5.41, 5.74) is 15.5. The number of aliphatic imine (C=N–C) groups is 1. The Morgan fingerprint density at radius 1 is 0.573 bits per heavy atom. The molecule has 2 aliphatic rings. The molecule has 0 aromatic heterocycles. The van der Waals surface area contributed by atoms with Crippen LogP contribution >= 0.6 is 22.6 Å². The van der Waals surface area contributed by atoms with Gasteiger partial charge in [-0.3, -0.25) is 82.1 Å². The number of aromatic hydroxyl groups is 1. The molecule has 0 radical (unpaired) electrons. The van der Waals surface area contributed by atoms with Crippen LogP contribution in [0.15, 0.2) is 114 Å². The number of carboxylic acids is 3. The third-order valence-electron chi connectivity index (χ3n) is 19.0. The molecule has 0 spiro atoms. The van der Waals surface area contributed by atoms with E-state index >= 15 is 0 Å². The number of likely N-dealkylation sites (N-methyl/N-ethyl adjacent to an activating group) is 1. The number of nitrogens with zero attached hydrogens (tertiary/aromatic N) is 6. The molecule has 5 aromatic rings. The van der Waals surface area contributed by atoms with E-state index in [4.69, 9.17) is 11.5 Å². The van der Waals surface area contributed by atoms with Gasteiger partial charge in [0, 0.05) is 110 Å². The van der Waals surface area contributed by atoms with Crippen LogP contribution in [-0.4, -0.2) is 264 Å². The lowest BCUT2D eigenvalue weighted by Gasteiger charge is -2.33. The lowest BCUT2D eigenvalue weighted by Crippen LogP contribution is -2.58. The number of carboxylic acid groups (broad SMARTS) is 3. The molecular weight excluding hydrogens is 1530 g/mol. The largest absolute Gasteiger partial charge is 0.507 e. The number of phenolic OH excluding ortho intramolecular Hbond substituents is 1. The lowest BCUT2D eigenvalue weighted by molar-refractivity contribution is -0.142. The van der Waals surface area contributed by atoms with Crippen LogP contribution in [0.3, 0.4) is 0 Å². The number of halogens is 1. The van der Waals surface area contributed by atoms with Gasteiger partial charge in [0.2, 0.25) is 47.3 Å². The van der Waals surface area contributed by atoms with E-state index in [1.54, 1.807) is 56.0 Å². The molecule has 5 aromatic carbocycles. The van der Waals surface area contributed by atoms with Crippen LogP contribution in [0.4, 0.5) is 0 Å². The number of carbonyl (C=O) groups is 12. The average Bonchev–Trinajstić information content (AvgIpc) is 1.81. The Bertz CT molecular complexity index is 3980. The molecule has 9 amide bonds. The number of guanidine groups is 1. The molecule has 32 nitrogen and oxygen atoms in total. The monoisotopic (exact) mass is 1630 g/mol. The minimum absolute atomic E-state index is 0.0108. The molecule has 2 fully saturated rings. The number of rotatable bonds is 34. The first-order chi connectivity index (χ1) is 52.6. The zero-order chi connectivity index (χ0) is 79.7. The Morgan fingerprint density at radius 3 is 1.75 bits per heavy atom. The quantitative estimate of drug-likeness (QED) is 0.0117. The number of nitrogens with one attached hydrogen (secondary N) is 8. The maximum Gasteiger partial charge on any atom is 0.317 e. The summed E-state index contributed by atoms with van der Waals surface area (Å²) in [6, 6.07) is 26.0. The number of hydrogen-bond acceptors (Lipinski definition) is 18. The van der Waals surface area contributed by atoms with Gasteiger partial charge in [-0.05, 0) is 145 Å². The summed E-state index contributed by atoms with van der Waals surface area (Å²) in [7, 11) is 1.38. The zero-order valence-corrected chi connectivity index (χ0v) is 64.3. The zero-order valence-electron chi connectivity index (χ0n) is 62.2. The number of aryl methyl sites for hydroxylation is 2. The van der Waals surface area contributed by atoms with Crippen LogP contribution in [-0.2, 0) is 78.5 Å². The molecule has 0 aliphatic carbocycles. The normalized spacial score (nSPS) is 18.1. The van der Waals surface area contributed by atoms with Crippen molar-refractivity contribution in [3.8, 4) is 5.75 Å². The second kappa shape index (κ2) is 45.0. The molecule has 2 aliphatic heterocycles. The molecule has 33 heteroatoms. The van der Waals surface area contributed by atoms with Crippen molar-refractivity contribution in [2.75, 3.05) is 112 Å². The third kappa shape index (κ3) is 30.6. The number of unbranched alkanes of at least 4 members (excludes halogenated alkanes) is 1. The molecule has 7 rings (SSSR count). The van der Waals surface area contributed by atoms with Gasteiger partial charge >= 0.3 is 17.9 Å². The fraction of sp³-hybridized carbons (Fsp3) is 0.468. The third-order valence-corrected chi connectivity index (χ3v) is 19.8. The number of aliphatic carboxylic acids is 3.